The summed E-state index contributed by atoms with van der Waals surface area (Å²) in [6.45, 7) is 1.21. The zero-order chi connectivity index (χ0) is 14.1. The van der Waals surface area contributed by atoms with Gasteiger partial charge in [0.2, 0.25) is 0 Å². The third-order valence-corrected chi connectivity index (χ3v) is 2.11. The minimum absolute atomic E-state index is 0.170. The lowest BCUT2D eigenvalue weighted by molar-refractivity contribution is -0.120. The van der Waals surface area contributed by atoms with Gasteiger partial charge < -0.3 is 4.90 Å². The van der Waals surface area contributed by atoms with Gasteiger partial charge in [-0.15, -0.1) is 0 Å². The molecular formula is C10H10F6N2. The fourth-order valence-corrected chi connectivity index (χ4v) is 1.33. The molecule has 0 aliphatic carbocycles. The number of hydrogen-bond acceptors (Lipinski definition) is 2. The second kappa shape index (κ2) is 5.03. The molecule has 0 unspecified atom stereocenters. The highest BCUT2D eigenvalue weighted by atomic mass is 19.4. The van der Waals surface area contributed by atoms with Gasteiger partial charge in [-0.2, -0.15) is 22.5 Å². The minimum Gasteiger partial charge on any atom is -0.343 e. The first-order valence-electron chi connectivity index (χ1n) is 4.96. The predicted molar refractivity (Wildman–Crippen MR) is 52.6 cm³/mol. The Kier molecular flexibility index (Phi) is 4.08. The van der Waals surface area contributed by atoms with Gasteiger partial charge in [0.25, 0.3) is 5.95 Å². The molecule has 102 valence electrons. The maximum absolute atomic E-state index is 13.3. The Morgan fingerprint density at radius 2 is 1.72 bits per heavy atom. The molecule has 18 heavy (non-hydrogen) atoms. The number of pyridine rings is 1. The number of halogens is 6. The third-order valence-electron chi connectivity index (χ3n) is 2.11. The van der Waals surface area contributed by atoms with Crippen molar-refractivity contribution in [1.82, 2.24) is 4.98 Å². The van der Waals surface area contributed by atoms with Gasteiger partial charge >= 0.3 is 6.18 Å². The van der Waals surface area contributed by atoms with Crippen molar-refractivity contribution < 1.29 is 26.3 Å². The first-order chi connectivity index (χ1) is 8.11. The molecule has 2 nitrogen and oxygen atoms in total. The Morgan fingerprint density at radius 1 is 1.17 bits per heavy atom. The molecule has 0 aliphatic rings. The van der Waals surface area contributed by atoms with E-state index >= 15 is 0 Å². The largest absolute Gasteiger partial charge is 0.405 e. The van der Waals surface area contributed by atoms with Crippen LogP contribution < -0.4 is 4.90 Å². The van der Waals surface area contributed by atoms with Crippen LogP contribution in [0.25, 0.3) is 0 Å². The van der Waals surface area contributed by atoms with E-state index in [4.69, 9.17) is 0 Å². The normalized spacial score (nSPS) is 12.1. The third kappa shape index (κ3) is 3.51. The first-order valence-corrected chi connectivity index (χ1v) is 4.96. The van der Waals surface area contributed by atoms with Gasteiger partial charge in [-0.05, 0) is 13.8 Å². The highest BCUT2D eigenvalue weighted by molar-refractivity contribution is 5.41. The maximum atomic E-state index is 13.3. The average Bonchev–Trinajstić information content (AvgIpc) is 2.19. The van der Waals surface area contributed by atoms with E-state index in [2.05, 4.69) is 4.98 Å². The van der Waals surface area contributed by atoms with Crippen molar-refractivity contribution in [3.8, 4) is 0 Å². The Labute approximate surface area is 99.2 Å². The lowest BCUT2D eigenvalue weighted by Gasteiger charge is -2.28. The second-order valence-electron chi connectivity index (χ2n) is 3.90. The van der Waals surface area contributed by atoms with Crippen molar-refractivity contribution in [3.63, 3.8) is 0 Å². The first kappa shape index (κ1) is 14.6. The molecule has 1 aromatic heterocycles. The minimum atomic E-state index is -4.61. The molecule has 0 radical (unpaired) electrons. The molecule has 0 saturated heterocycles. The average molecular weight is 272 g/mol. The van der Waals surface area contributed by atoms with Crippen LogP contribution in [0.15, 0.2) is 6.07 Å². The molecule has 0 amide bonds. The molecule has 1 aromatic rings. The zero-order valence-electron chi connectivity index (χ0n) is 9.52. The van der Waals surface area contributed by atoms with Gasteiger partial charge in [-0.1, -0.05) is 0 Å². The van der Waals surface area contributed by atoms with E-state index in [0.29, 0.717) is 4.90 Å². The molecule has 0 spiro atoms. The van der Waals surface area contributed by atoms with Crippen molar-refractivity contribution in [2.45, 2.75) is 26.1 Å². The summed E-state index contributed by atoms with van der Waals surface area (Å²) >= 11 is 0. The summed E-state index contributed by atoms with van der Waals surface area (Å²) in [5.41, 5.74) is 0. The van der Waals surface area contributed by atoms with Crippen LogP contribution >= 0.6 is 0 Å². The van der Waals surface area contributed by atoms with Crippen LogP contribution in [0.5, 0.6) is 0 Å². The van der Waals surface area contributed by atoms with Crippen LogP contribution in [0.3, 0.4) is 0 Å². The Bertz CT molecular complexity index is 429. The van der Waals surface area contributed by atoms with Crippen LogP contribution in [-0.2, 0) is 0 Å². The fraction of sp³-hybridized carbons (Fsp3) is 0.500. The lowest BCUT2D eigenvalue weighted by Crippen LogP contribution is -2.40. The quantitative estimate of drug-likeness (QED) is 0.620. The molecule has 0 N–H and O–H groups in total. The SMILES string of the molecule is CC(C)N(CC(F)(F)F)c1nc(F)c(F)cc1F. The summed E-state index contributed by atoms with van der Waals surface area (Å²) in [5, 5.41) is 0. The number of anilines is 1. The van der Waals surface area contributed by atoms with Crippen molar-refractivity contribution in [3.05, 3.63) is 23.6 Å². The second-order valence-corrected chi connectivity index (χ2v) is 3.90. The highest BCUT2D eigenvalue weighted by Gasteiger charge is 2.34. The molecule has 0 fully saturated rings. The van der Waals surface area contributed by atoms with E-state index in [-0.39, 0.29) is 6.07 Å². The molecule has 0 saturated carbocycles. The summed E-state index contributed by atoms with van der Waals surface area (Å²) in [5.74, 6) is -5.39. The van der Waals surface area contributed by atoms with Crippen LogP contribution in [0.4, 0.5) is 32.2 Å². The van der Waals surface area contributed by atoms with Gasteiger partial charge in [0.05, 0.1) is 0 Å². The van der Waals surface area contributed by atoms with Crippen molar-refractivity contribution in [2.75, 3.05) is 11.4 Å². The highest BCUT2D eigenvalue weighted by Crippen LogP contribution is 2.25. The Morgan fingerprint density at radius 3 is 2.17 bits per heavy atom. The van der Waals surface area contributed by atoms with Gasteiger partial charge in [0.1, 0.15) is 6.54 Å². The molecule has 1 heterocycles. The van der Waals surface area contributed by atoms with Crippen molar-refractivity contribution in [1.29, 1.82) is 0 Å². The predicted octanol–water partition coefficient (Wildman–Crippen LogP) is 3.28. The van der Waals surface area contributed by atoms with E-state index in [9.17, 15) is 26.3 Å². The van der Waals surface area contributed by atoms with Gasteiger partial charge in [0.15, 0.2) is 17.5 Å². The molecule has 0 aromatic carbocycles. The number of rotatable bonds is 3. The van der Waals surface area contributed by atoms with Crippen molar-refractivity contribution >= 4 is 5.82 Å². The molecule has 8 heteroatoms. The molecule has 0 bridgehead atoms. The Hall–Kier alpha value is -1.47. The lowest BCUT2D eigenvalue weighted by atomic mass is 10.3. The van der Waals surface area contributed by atoms with E-state index in [0.717, 1.165) is 0 Å². The monoisotopic (exact) mass is 272 g/mol. The summed E-state index contributed by atoms with van der Waals surface area (Å²) < 4.78 is 75.7. The van der Waals surface area contributed by atoms with Gasteiger partial charge in [0, 0.05) is 12.1 Å². The summed E-state index contributed by atoms with van der Waals surface area (Å²) in [7, 11) is 0. The molecule has 0 aliphatic heterocycles. The van der Waals surface area contributed by atoms with Crippen LogP contribution in [0, 0.1) is 17.6 Å². The van der Waals surface area contributed by atoms with Crippen LogP contribution in [0.2, 0.25) is 0 Å². The topological polar surface area (TPSA) is 16.1 Å². The standard InChI is InChI=1S/C10H10F6N2/c1-5(2)18(4-10(14,15)16)9-7(12)3-6(11)8(13)17-9/h3,5H,4H2,1-2H3. The summed E-state index contributed by atoms with van der Waals surface area (Å²) in [6, 6.07) is -0.609. The molecule has 1 rings (SSSR count). The van der Waals surface area contributed by atoms with Crippen molar-refractivity contribution in [2.24, 2.45) is 0 Å². The smallest absolute Gasteiger partial charge is 0.343 e. The molecule has 0 atom stereocenters. The summed E-state index contributed by atoms with van der Waals surface area (Å²) in [6.07, 6.45) is -4.61. The number of hydrogen-bond donors (Lipinski definition) is 0. The van der Waals surface area contributed by atoms with E-state index in [1.165, 1.54) is 13.8 Å². The van der Waals surface area contributed by atoms with Gasteiger partial charge in [-0.25, -0.2) is 8.78 Å². The van der Waals surface area contributed by atoms with E-state index in [1.807, 2.05) is 0 Å². The van der Waals surface area contributed by atoms with E-state index < -0.39 is 42.2 Å². The Balaban J connectivity index is 3.18. The van der Waals surface area contributed by atoms with E-state index in [1.54, 1.807) is 0 Å². The summed E-state index contributed by atoms with van der Waals surface area (Å²) in [4.78, 5) is 3.40. The number of aromatic nitrogens is 1. The number of nitrogens with zero attached hydrogens (tertiary/aromatic N) is 2. The van der Waals surface area contributed by atoms with Crippen LogP contribution in [-0.4, -0.2) is 23.7 Å². The molecular weight excluding hydrogens is 262 g/mol. The fourth-order valence-electron chi connectivity index (χ4n) is 1.33. The zero-order valence-corrected chi connectivity index (χ0v) is 9.52. The maximum Gasteiger partial charge on any atom is 0.405 e. The number of alkyl halides is 3. The van der Waals surface area contributed by atoms with Crippen LogP contribution in [0.1, 0.15) is 13.8 Å². The van der Waals surface area contributed by atoms with Gasteiger partial charge in [-0.3, -0.25) is 0 Å².